The molecule has 1 fully saturated rings. The van der Waals surface area contributed by atoms with Gasteiger partial charge in [0.2, 0.25) is 5.91 Å². The van der Waals surface area contributed by atoms with Crippen LogP contribution >= 0.6 is 0 Å². The van der Waals surface area contributed by atoms with Crippen LogP contribution < -0.4 is 10.1 Å². The Hall–Kier alpha value is -1.55. The van der Waals surface area contributed by atoms with Gasteiger partial charge in [-0.25, -0.2) is 0 Å². The summed E-state index contributed by atoms with van der Waals surface area (Å²) in [5, 5.41) is 12.3. The Morgan fingerprint density at radius 2 is 1.95 bits per heavy atom. The highest BCUT2D eigenvalue weighted by molar-refractivity contribution is 5.77. The van der Waals surface area contributed by atoms with Gasteiger partial charge >= 0.3 is 0 Å². The SMILES string of the molecule is O=C(CC1CCOc2ccccc21)NC1CCC(CO)CC1. The van der Waals surface area contributed by atoms with Gasteiger partial charge in [-0.1, -0.05) is 18.2 Å². The molecule has 120 valence electrons. The molecule has 4 nitrogen and oxygen atoms in total. The Balaban J connectivity index is 1.53. The summed E-state index contributed by atoms with van der Waals surface area (Å²) in [4.78, 5) is 12.3. The first-order chi connectivity index (χ1) is 10.8. The third kappa shape index (κ3) is 3.61. The fourth-order valence-corrected chi connectivity index (χ4v) is 3.63. The lowest BCUT2D eigenvalue weighted by molar-refractivity contribution is -0.122. The second kappa shape index (κ2) is 7.14. The number of rotatable bonds is 4. The summed E-state index contributed by atoms with van der Waals surface area (Å²) in [6.45, 7) is 0.968. The van der Waals surface area contributed by atoms with Crippen LogP contribution in [0.3, 0.4) is 0 Å². The van der Waals surface area contributed by atoms with E-state index in [4.69, 9.17) is 9.84 Å². The molecule has 2 N–H and O–H groups in total. The van der Waals surface area contributed by atoms with E-state index < -0.39 is 0 Å². The third-order valence-corrected chi connectivity index (χ3v) is 4.98. The van der Waals surface area contributed by atoms with Crippen molar-refractivity contribution in [2.24, 2.45) is 5.92 Å². The second-order valence-corrected chi connectivity index (χ2v) is 6.54. The second-order valence-electron chi connectivity index (χ2n) is 6.54. The Morgan fingerprint density at radius 1 is 1.18 bits per heavy atom. The number of ether oxygens (including phenoxy) is 1. The van der Waals surface area contributed by atoms with Crippen molar-refractivity contribution in [3.8, 4) is 5.75 Å². The molecule has 3 rings (SSSR count). The van der Waals surface area contributed by atoms with Crippen molar-refractivity contribution in [2.45, 2.75) is 50.5 Å². The number of hydrogen-bond donors (Lipinski definition) is 2. The normalized spacial score (nSPS) is 27.6. The van der Waals surface area contributed by atoms with Gasteiger partial charge in [-0.15, -0.1) is 0 Å². The molecular formula is C18H25NO3. The van der Waals surface area contributed by atoms with Crippen LogP contribution in [-0.2, 0) is 4.79 Å². The van der Waals surface area contributed by atoms with Crippen LogP contribution in [0.5, 0.6) is 5.75 Å². The molecule has 1 saturated carbocycles. The lowest BCUT2D eigenvalue weighted by atomic mass is 9.86. The smallest absolute Gasteiger partial charge is 0.220 e. The first-order valence-corrected chi connectivity index (χ1v) is 8.38. The molecule has 4 heteroatoms. The minimum Gasteiger partial charge on any atom is -0.493 e. The molecule has 0 spiro atoms. The molecule has 1 aliphatic heterocycles. The van der Waals surface area contributed by atoms with Crippen molar-refractivity contribution < 1.29 is 14.6 Å². The molecule has 1 aromatic carbocycles. The van der Waals surface area contributed by atoms with Crippen LogP contribution in [0.15, 0.2) is 24.3 Å². The zero-order valence-electron chi connectivity index (χ0n) is 13.0. The number of amides is 1. The summed E-state index contributed by atoms with van der Waals surface area (Å²) in [5.41, 5.74) is 1.16. The highest BCUT2D eigenvalue weighted by atomic mass is 16.5. The minimum absolute atomic E-state index is 0.147. The summed E-state index contributed by atoms with van der Waals surface area (Å²) >= 11 is 0. The number of benzene rings is 1. The summed E-state index contributed by atoms with van der Waals surface area (Å²) in [6.07, 6.45) is 5.45. The number of fused-ring (bicyclic) bond motifs is 1. The quantitative estimate of drug-likeness (QED) is 0.899. The van der Waals surface area contributed by atoms with Crippen LogP contribution in [0.1, 0.15) is 50.0 Å². The lowest BCUT2D eigenvalue weighted by Gasteiger charge is -2.29. The van der Waals surface area contributed by atoms with E-state index in [2.05, 4.69) is 11.4 Å². The van der Waals surface area contributed by atoms with E-state index in [0.29, 0.717) is 18.9 Å². The van der Waals surface area contributed by atoms with Crippen molar-refractivity contribution >= 4 is 5.91 Å². The van der Waals surface area contributed by atoms with Crippen molar-refractivity contribution in [3.63, 3.8) is 0 Å². The minimum atomic E-state index is 0.147. The van der Waals surface area contributed by atoms with Gasteiger partial charge < -0.3 is 15.2 Å². The lowest BCUT2D eigenvalue weighted by Crippen LogP contribution is -2.38. The van der Waals surface area contributed by atoms with Crippen molar-refractivity contribution in [3.05, 3.63) is 29.8 Å². The average molecular weight is 303 g/mol. The predicted molar refractivity (Wildman–Crippen MR) is 84.9 cm³/mol. The van der Waals surface area contributed by atoms with Crippen LogP contribution in [0, 0.1) is 5.92 Å². The fraction of sp³-hybridized carbons (Fsp3) is 0.611. The molecule has 0 aromatic heterocycles. The van der Waals surface area contributed by atoms with Gasteiger partial charge in [-0.05, 0) is 55.6 Å². The van der Waals surface area contributed by atoms with Gasteiger partial charge in [0.25, 0.3) is 0 Å². The number of aliphatic hydroxyl groups is 1. The maximum atomic E-state index is 12.3. The van der Waals surface area contributed by atoms with Gasteiger partial charge in [0, 0.05) is 19.1 Å². The van der Waals surface area contributed by atoms with Gasteiger partial charge in [0.1, 0.15) is 5.75 Å². The Kier molecular flexibility index (Phi) is 4.98. The van der Waals surface area contributed by atoms with Crippen molar-refractivity contribution in [1.29, 1.82) is 0 Å². The molecule has 1 unspecified atom stereocenters. The predicted octanol–water partition coefficient (Wildman–Crippen LogP) is 2.61. The summed E-state index contributed by atoms with van der Waals surface area (Å²) in [7, 11) is 0. The van der Waals surface area contributed by atoms with E-state index in [1.807, 2.05) is 18.2 Å². The monoisotopic (exact) mass is 303 g/mol. The molecule has 0 bridgehead atoms. The van der Waals surface area contributed by atoms with Crippen LogP contribution in [0.4, 0.5) is 0 Å². The van der Waals surface area contributed by atoms with E-state index in [-0.39, 0.29) is 24.5 Å². The molecule has 22 heavy (non-hydrogen) atoms. The van der Waals surface area contributed by atoms with Crippen LogP contribution in [0.25, 0.3) is 0 Å². The number of hydrogen-bond acceptors (Lipinski definition) is 3. The van der Waals surface area contributed by atoms with Gasteiger partial charge in [-0.2, -0.15) is 0 Å². The standard InChI is InChI=1S/C18H25NO3/c20-12-13-5-7-15(8-6-13)19-18(21)11-14-9-10-22-17-4-2-1-3-16(14)17/h1-4,13-15,20H,5-12H2,(H,19,21). The topological polar surface area (TPSA) is 58.6 Å². The van der Waals surface area contributed by atoms with Gasteiger partial charge in [0.05, 0.1) is 6.61 Å². The van der Waals surface area contributed by atoms with Gasteiger partial charge in [0.15, 0.2) is 0 Å². The van der Waals surface area contributed by atoms with E-state index in [1.54, 1.807) is 0 Å². The van der Waals surface area contributed by atoms with Crippen LogP contribution in [0.2, 0.25) is 0 Å². The van der Waals surface area contributed by atoms with E-state index in [9.17, 15) is 4.79 Å². The number of para-hydroxylation sites is 1. The molecule has 2 aliphatic rings. The molecule has 0 saturated heterocycles. The molecule has 1 aliphatic carbocycles. The summed E-state index contributed by atoms with van der Waals surface area (Å²) < 4.78 is 5.65. The Labute approximate surface area is 131 Å². The number of carbonyl (C=O) groups is 1. The fourth-order valence-electron chi connectivity index (χ4n) is 3.63. The Bertz CT molecular complexity index is 509. The van der Waals surface area contributed by atoms with E-state index >= 15 is 0 Å². The molecule has 1 heterocycles. The first kappa shape index (κ1) is 15.3. The Morgan fingerprint density at radius 3 is 2.73 bits per heavy atom. The number of aliphatic hydroxyl groups excluding tert-OH is 1. The maximum absolute atomic E-state index is 12.3. The third-order valence-electron chi connectivity index (χ3n) is 4.98. The largest absolute Gasteiger partial charge is 0.493 e. The highest BCUT2D eigenvalue weighted by Crippen LogP contribution is 2.35. The van der Waals surface area contributed by atoms with E-state index in [1.165, 1.54) is 0 Å². The summed E-state index contributed by atoms with van der Waals surface area (Å²) in [5.74, 6) is 1.76. The zero-order chi connectivity index (χ0) is 15.4. The molecular weight excluding hydrogens is 278 g/mol. The molecule has 1 amide bonds. The van der Waals surface area contributed by atoms with Crippen molar-refractivity contribution in [2.75, 3.05) is 13.2 Å². The first-order valence-electron chi connectivity index (χ1n) is 8.38. The average Bonchev–Trinajstić information content (AvgIpc) is 2.56. The highest BCUT2D eigenvalue weighted by Gasteiger charge is 2.26. The molecule has 1 aromatic rings. The van der Waals surface area contributed by atoms with Crippen molar-refractivity contribution in [1.82, 2.24) is 5.32 Å². The van der Waals surface area contributed by atoms with E-state index in [0.717, 1.165) is 43.4 Å². The molecule has 0 radical (unpaired) electrons. The number of nitrogens with one attached hydrogen (secondary N) is 1. The number of carbonyl (C=O) groups excluding carboxylic acids is 1. The molecule has 1 atom stereocenters. The summed E-state index contributed by atoms with van der Waals surface area (Å²) in [6, 6.07) is 8.31. The maximum Gasteiger partial charge on any atom is 0.220 e. The van der Waals surface area contributed by atoms with Crippen LogP contribution in [-0.4, -0.2) is 30.3 Å². The zero-order valence-corrected chi connectivity index (χ0v) is 13.0. The van der Waals surface area contributed by atoms with Gasteiger partial charge in [-0.3, -0.25) is 4.79 Å².